The van der Waals surface area contributed by atoms with E-state index in [0.717, 1.165) is 0 Å². The summed E-state index contributed by atoms with van der Waals surface area (Å²) >= 11 is 0. The number of benzene rings is 2. The fourth-order valence-corrected chi connectivity index (χ4v) is 5.22. The van der Waals surface area contributed by atoms with Gasteiger partial charge in [0.05, 0.1) is 31.3 Å². The van der Waals surface area contributed by atoms with Crippen LogP contribution in [-0.2, 0) is 11.3 Å². The zero-order chi connectivity index (χ0) is 27.5. The first-order valence-electron chi connectivity index (χ1n) is 12.9. The first-order valence-corrected chi connectivity index (χ1v) is 12.9. The Morgan fingerprint density at radius 1 is 1.05 bits per heavy atom. The average molecular weight is 531 g/mol. The summed E-state index contributed by atoms with van der Waals surface area (Å²) in [6.07, 6.45) is 1.23. The van der Waals surface area contributed by atoms with Gasteiger partial charge in [-0.2, -0.15) is 0 Å². The molecule has 1 fully saturated rings. The Kier molecular flexibility index (Phi) is 7.47. The number of hydrogen-bond donors (Lipinski definition) is 3. The van der Waals surface area contributed by atoms with Crippen LogP contribution in [0.25, 0.3) is 21.8 Å². The van der Waals surface area contributed by atoms with Crippen molar-refractivity contribution in [2.24, 2.45) is 0 Å². The molecule has 3 heterocycles. The minimum absolute atomic E-state index is 0.0890. The quantitative estimate of drug-likeness (QED) is 0.300. The highest BCUT2D eigenvalue weighted by Gasteiger charge is 2.28. The summed E-state index contributed by atoms with van der Waals surface area (Å²) in [5, 5.41) is 12.9. The molecule has 1 aliphatic rings. The Balaban J connectivity index is 1.48. The van der Waals surface area contributed by atoms with Crippen LogP contribution in [-0.4, -0.2) is 70.0 Å². The summed E-state index contributed by atoms with van der Waals surface area (Å²) < 4.78 is 7.01. The molecule has 2 aromatic heterocycles. The van der Waals surface area contributed by atoms with Crippen molar-refractivity contribution in [1.82, 2.24) is 19.8 Å². The van der Waals surface area contributed by atoms with E-state index in [-0.39, 0.29) is 54.1 Å². The molecule has 0 atom stereocenters. The second-order valence-corrected chi connectivity index (χ2v) is 9.58. The van der Waals surface area contributed by atoms with Gasteiger partial charge in [-0.15, -0.1) is 0 Å². The van der Waals surface area contributed by atoms with Gasteiger partial charge in [-0.1, -0.05) is 48.5 Å². The Hall–Kier alpha value is -4.44. The third-order valence-corrected chi connectivity index (χ3v) is 7.21. The van der Waals surface area contributed by atoms with Gasteiger partial charge < -0.3 is 25.0 Å². The van der Waals surface area contributed by atoms with Gasteiger partial charge in [-0.25, -0.2) is 0 Å². The number of aromatic amines is 1. The number of methoxy groups -OCH3 is 1. The first kappa shape index (κ1) is 26.2. The van der Waals surface area contributed by atoms with Crippen LogP contribution in [0.4, 0.5) is 0 Å². The molecule has 1 aliphatic heterocycles. The number of hydrogen-bond acceptors (Lipinski definition) is 6. The highest BCUT2D eigenvalue weighted by molar-refractivity contribution is 6.11. The lowest BCUT2D eigenvalue weighted by Crippen LogP contribution is -2.46. The number of nitrogens with zero attached hydrogens (tertiary/aromatic N) is 2. The second-order valence-electron chi connectivity index (χ2n) is 9.58. The van der Waals surface area contributed by atoms with Crippen molar-refractivity contribution in [3.05, 3.63) is 76.2 Å². The number of likely N-dealkylation sites (tertiary alicyclic amines) is 1. The Bertz CT molecular complexity index is 1600. The smallest absolute Gasteiger partial charge is 0.271 e. The number of carbonyl (C=O) groups excluding carboxylic acids is 3. The number of carbonyl (C=O) groups is 3. The van der Waals surface area contributed by atoms with Crippen LogP contribution in [0.5, 0.6) is 5.75 Å². The minimum atomic E-state index is -0.434. The minimum Gasteiger partial charge on any atom is -0.493 e. The number of ketones is 1. The van der Waals surface area contributed by atoms with Gasteiger partial charge in [0, 0.05) is 36.5 Å². The Morgan fingerprint density at radius 2 is 1.74 bits per heavy atom. The molecule has 1 saturated heterocycles. The van der Waals surface area contributed by atoms with Gasteiger partial charge in [-0.05, 0) is 18.9 Å². The maximum Gasteiger partial charge on any atom is 0.271 e. The number of rotatable bonds is 8. The summed E-state index contributed by atoms with van der Waals surface area (Å²) in [5.74, 6) is -0.611. The Labute approximate surface area is 224 Å². The van der Waals surface area contributed by atoms with E-state index in [4.69, 9.17) is 9.84 Å². The SMILES string of the molecule is COc1c(C(=O)NC2CCN(C(=O)CCO)CC2)[nH]c2c1c(=O)n(CC(=O)c1ccccc1)c1ccccc21. The molecule has 0 radical (unpaired) electrons. The van der Waals surface area contributed by atoms with Crippen LogP contribution in [0.3, 0.4) is 0 Å². The third kappa shape index (κ3) is 5.03. The van der Waals surface area contributed by atoms with E-state index >= 15 is 0 Å². The normalized spacial score (nSPS) is 14.1. The van der Waals surface area contributed by atoms with Crippen molar-refractivity contribution < 1.29 is 24.2 Å². The van der Waals surface area contributed by atoms with Gasteiger partial charge in [-0.3, -0.25) is 23.7 Å². The zero-order valence-electron chi connectivity index (χ0n) is 21.6. The molecule has 2 aromatic carbocycles. The first-order chi connectivity index (χ1) is 18.9. The van der Waals surface area contributed by atoms with Crippen molar-refractivity contribution in [2.45, 2.75) is 31.8 Å². The summed E-state index contributed by atoms with van der Waals surface area (Å²) in [4.78, 5) is 57.1. The number of H-pyrrole nitrogens is 1. The van der Waals surface area contributed by atoms with Crippen LogP contribution in [0.1, 0.15) is 40.1 Å². The van der Waals surface area contributed by atoms with Gasteiger partial charge in [0.1, 0.15) is 11.1 Å². The van der Waals surface area contributed by atoms with E-state index in [1.165, 1.54) is 11.7 Å². The molecule has 0 aliphatic carbocycles. The number of aromatic nitrogens is 2. The molecule has 10 nitrogen and oxygen atoms in total. The van der Waals surface area contributed by atoms with Crippen molar-refractivity contribution in [1.29, 1.82) is 0 Å². The van der Waals surface area contributed by atoms with Gasteiger partial charge >= 0.3 is 0 Å². The molecule has 2 amide bonds. The number of amides is 2. The summed E-state index contributed by atoms with van der Waals surface area (Å²) in [6.45, 7) is 0.617. The molecule has 5 rings (SSSR count). The lowest BCUT2D eigenvalue weighted by Gasteiger charge is -2.32. The summed E-state index contributed by atoms with van der Waals surface area (Å²) in [7, 11) is 1.40. The Morgan fingerprint density at radius 3 is 2.44 bits per heavy atom. The largest absolute Gasteiger partial charge is 0.493 e. The monoisotopic (exact) mass is 530 g/mol. The van der Waals surface area contributed by atoms with Crippen molar-refractivity contribution in [3.63, 3.8) is 0 Å². The molecule has 10 heteroatoms. The number of Topliss-reactive ketones (excluding diaryl/α,β-unsaturated/α-hetero) is 1. The number of nitrogens with one attached hydrogen (secondary N) is 2. The number of aliphatic hydroxyl groups is 1. The van der Waals surface area contributed by atoms with Gasteiger partial charge in [0.15, 0.2) is 11.5 Å². The number of piperidine rings is 1. The fourth-order valence-electron chi connectivity index (χ4n) is 5.22. The number of ether oxygens (including phenoxy) is 1. The molecular weight excluding hydrogens is 500 g/mol. The standard InChI is InChI=1S/C29H30N4O6/c1-39-27-24-25(31-26(27)28(37)30-19-11-14-32(15-12-19)23(36)13-16-34)20-9-5-6-10-21(20)33(29(24)38)17-22(35)18-7-3-2-4-8-18/h2-10,19,31,34H,11-17H2,1H3,(H,30,37). The lowest BCUT2D eigenvalue weighted by atomic mass is 10.0. The molecule has 0 bridgehead atoms. The lowest BCUT2D eigenvalue weighted by molar-refractivity contribution is -0.132. The summed E-state index contributed by atoms with van der Waals surface area (Å²) in [6, 6.07) is 15.8. The summed E-state index contributed by atoms with van der Waals surface area (Å²) in [5.41, 5.74) is 1.22. The molecule has 202 valence electrons. The number of aliphatic hydroxyl groups excluding tert-OH is 1. The van der Waals surface area contributed by atoms with Crippen molar-refractivity contribution in [3.8, 4) is 5.75 Å². The topological polar surface area (TPSA) is 134 Å². The van der Waals surface area contributed by atoms with E-state index in [1.54, 1.807) is 41.3 Å². The van der Waals surface area contributed by atoms with Crippen LogP contribution in [0, 0.1) is 0 Å². The zero-order valence-corrected chi connectivity index (χ0v) is 21.6. The maximum absolute atomic E-state index is 13.8. The van der Waals surface area contributed by atoms with Crippen LogP contribution in [0.15, 0.2) is 59.4 Å². The van der Waals surface area contributed by atoms with Crippen LogP contribution < -0.4 is 15.6 Å². The van der Waals surface area contributed by atoms with Crippen molar-refractivity contribution >= 4 is 39.4 Å². The molecule has 4 aromatic rings. The van der Waals surface area contributed by atoms with Crippen LogP contribution >= 0.6 is 0 Å². The fraction of sp³-hybridized carbons (Fsp3) is 0.310. The van der Waals surface area contributed by atoms with Gasteiger partial charge in [0.2, 0.25) is 5.91 Å². The second kappa shape index (κ2) is 11.1. The molecule has 3 N–H and O–H groups in total. The number of para-hydroxylation sites is 1. The highest BCUT2D eigenvalue weighted by atomic mass is 16.5. The maximum atomic E-state index is 13.8. The molecule has 39 heavy (non-hydrogen) atoms. The third-order valence-electron chi connectivity index (χ3n) is 7.21. The van der Waals surface area contributed by atoms with E-state index < -0.39 is 11.5 Å². The molecule has 0 saturated carbocycles. The van der Waals surface area contributed by atoms with Gasteiger partial charge in [0.25, 0.3) is 11.5 Å². The number of fused-ring (bicyclic) bond motifs is 3. The molecule has 0 spiro atoms. The van der Waals surface area contributed by atoms with E-state index in [9.17, 15) is 19.2 Å². The molecular formula is C29H30N4O6. The number of pyridine rings is 1. The van der Waals surface area contributed by atoms with Crippen LogP contribution in [0.2, 0.25) is 0 Å². The predicted octanol–water partition coefficient (Wildman–Crippen LogP) is 2.48. The predicted molar refractivity (Wildman–Crippen MR) is 146 cm³/mol. The van der Waals surface area contributed by atoms with Crippen molar-refractivity contribution in [2.75, 3.05) is 26.8 Å². The van der Waals surface area contributed by atoms with E-state index in [1.807, 2.05) is 18.2 Å². The average Bonchev–Trinajstić information content (AvgIpc) is 3.36. The highest BCUT2D eigenvalue weighted by Crippen LogP contribution is 2.32. The molecule has 0 unspecified atom stereocenters. The van der Waals surface area contributed by atoms with E-state index in [0.29, 0.717) is 47.9 Å². The van der Waals surface area contributed by atoms with E-state index in [2.05, 4.69) is 10.3 Å².